The number of rotatable bonds is 8. The van der Waals surface area contributed by atoms with Crippen molar-refractivity contribution in [3.05, 3.63) is 77.3 Å². The summed E-state index contributed by atoms with van der Waals surface area (Å²) in [5.74, 6) is 2.12. The van der Waals surface area contributed by atoms with Crippen molar-refractivity contribution in [1.29, 1.82) is 0 Å². The van der Waals surface area contributed by atoms with Gasteiger partial charge in [0.1, 0.15) is 30.0 Å². The highest BCUT2D eigenvalue weighted by atomic mass is 35.5. The molecule has 2 N–H and O–H groups in total. The van der Waals surface area contributed by atoms with E-state index in [-0.39, 0.29) is 6.03 Å². The molecule has 29 heavy (non-hydrogen) atoms. The van der Waals surface area contributed by atoms with Gasteiger partial charge in [0.25, 0.3) is 0 Å². The summed E-state index contributed by atoms with van der Waals surface area (Å²) in [4.78, 5) is 16.9. The summed E-state index contributed by atoms with van der Waals surface area (Å²) in [5, 5.41) is 6.42. The minimum atomic E-state index is -0.428. The van der Waals surface area contributed by atoms with E-state index in [4.69, 9.17) is 21.1 Å². The van der Waals surface area contributed by atoms with Crippen molar-refractivity contribution in [2.24, 2.45) is 7.05 Å². The van der Waals surface area contributed by atoms with E-state index in [1.807, 2.05) is 42.1 Å². The molecule has 8 heteroatoms. The van der Waals surface area contributed by atoms with E-state index in [9.17, 15) is 4.79 Å². The van der Waals surface area contributed by atoms with Crippen molar-refractivity contribution in [2.75, 3.05) is 20.3 Å². The number of aromatic nitrogens is 2. The van der Waals surface area contributed by atoms with Gasteiger partial charge in [-0.05, 0) is 42.0 Å². The number of methoxy groups -OCH3 is 1. The van der Waals surface area contributed by atoms with Gasteiger partial charge in [0.15, 0.2) is 0 Å². The number of hydrogen-bond donors (Lipinski definition) is 2. The maximum atomic E-state index is 12.5. The third-order valence-corrected chi connectivity index (χ3v) is 4.54. The molecule has 0 aliphatic heterocycles. The molecule has 0 aliphatic carbocycles. The van der Waals surface area contributed by atoms with Crippen LogP contribution < -0.4 is 20.1 Å². The minimum Gasteiger partial charge on any atom is -0.497 e. The fraction of sp³-hybridized carbons (Fsp3) is 0.238. The molecule has 0 fully saturated rings. The van der Waals surface area contributed by atoms with Gasteiger partial charge in [0.05, 0.1) is 13.7 Å². The first kappa shape index (κ1) is 20.5. The molecule has 1 atom stereocenters. The van der Waals surface area contributed by atoms with E-state index < -0.39 is 6.04 Å². The Morgan fingerprint density at radius 1 is 1.21 bits per heavy atom. The van der Waals surface area contributed by atoms with E-state index in [0.29, 0.717) is 35.5 Å². The zero-order valence-electron chi connectivity index (χ0n) is 16.3. The van der Waals surface area contributed by atoms with Gasteiger partial charge in [0.2, 0.25) is 0 Å². The first-order chi connectivity index (χ1) is 14.1. The predicted octanol–water partition coefficient (Wildman–Crippen LogP) is 3.55. The lowest BCUT2D eigenvalue weighted by Crippen LogP contribution is -2.40. The summed E-state index contributed by atoms with van der Waals surface area (Å²) in [7, 11) is 3.49. The van der Waals surface area contributed by atoms with E-state index in [0.717, 1.165) is 5.56 Å². The van der Waals surface area contributed by atoms with Gasteiger partial charge in [-0.15, -0.1) is 0 Å². The number of nitrogens with one attached hydrogen (secondary N) is 2. The summed E-state index contributed by atoms with van der Waals surface area (Å²) in [5.41, 5.74) is 0.867. The first-order valence-corrected chi connectivity index (χ1v) is 9.48. The lowest BCUT2D eigenvalue weighted by Gasteiger charge is -2.20. The van der Waals surface area contributed by atoms with Gasteiger partial charge in [-0.2, -0.15) is 0 Å². The molecule has 7 nitrogen and oxygen atoms in total. The molecule has 1 aromatic heterocycles. The van der Waals surface area contributed by atoms with E-state index in [2.05, 4.69) is 15.6 Å². The van der Waals surface area contributed by atoms with Crippen LogP contribution in [0.3, 0.4) is 0 Å². The fourth-order valence-electron chi connectivity index (χ4n) is 2.82. The standard InChI is InChI=1S/C21H23ClN4O3/c1-26-12-10-23-20(26)19(15-4-3-5-18(14-15)28-2)25-21(27)24-11-13-29-17-8-6-16(22)7-9-17/h3-10,12,14,19H,11,13H2,1-2H3,(H2,24,25,27). The minimum absolute atomic E-state index is 0.319. The summed E-state index contributed by atoms with van der Waals surface area (Å²) < 4.78 is 12.8. The second-order valence-corrected chi connectivity index (χ2v) is 6.75. The van der Waals surface area contributed by atoms with Gasteiger partial charge in [0, 0.05) is 24.5 Å². The molecule has 152 valence electrons. The number of amides is 2. The Balaban J connectivity index is 1.60. The van der Waals surface area contributed by atoms with Gasteiger partial charge in [-0.3, -0.25) is 0 Å². The number of urea groups is 1. The summed E-state index contributed by atoms with van der Waals surface area (Å²) in [6.07, 6.45) is 3.53. The molecule has 0 spiro atoms. The van der Waals surface area contributed by atoms with Crippen molar-refractivity contribution in [2.45, 2.75) is 6.04 Å². The summed E-state index contributed by atoms with van der Waals surface area (Å²) >= 11 is 5.85. The quantitative estimate of drug-likeness (QED) is 0.552. The average Bonchev–Trinajstić information content (AvgIpc) is 3.16. The number of aryl methyl sites for hydroxylation is 1. The molecule has 3 aromatic rings. The van der Waals surface area contributed by atoms with Crippen LogP contribution in [0.1, 0.15) is 17.4 Å². The highest BCUT2D eigenvalue weighted by Gasteiger charge is 2.21. The molecular weight excluding hydrogens is 392 g/mol. The molecule has 3 rings (SSSR count). The fourth-order valence-corrected chi connectivity index (χ4v) is 2.95. The zero-order chi connectivity index (χ0) is 20.6. The lowest BCUT2D eigenvalue weighted by atomic mass is 10.1. The number of ether oxygens (including phenoxy) is 2. The smallest absolute Gasteiger partial charge is 0.315 e. The van der Waals surface area contributed by atoms with Crippen molar-refractivity contribution >= 4 is 17.6 Å². The third-order valence-electron chi connectivity index (χ3n) is 4.29. The number of carbonyl (C=O) groups is 1. The Labute approximate surface area is 174 Å². The number of halogens is 1. The SMILES string of the molecule is COc1cccc(C(NC(=O)NCCOc2ccc(Cl)cc2)c2nccn2C)c1. The number of hydrogen-bond acceptors (Lipinski definition) is 4. The van der Waals surface area contributed by atoms with Crippen LogP contribution in [0.25, 0.3) is 0 Å². The Bertz CT molecular complexity index is 943. The van der Waals surface area contributed by atoms with Crippen LogP contribution in [0.15, 0.2) is 60.9 Å². The second-order valence-electron chi connectivity index (χ2n) is 6.31. The van der Waals surface area contributed by atoms with Crippen LogP contribution in [0.5, 0.6) is 11.5 Å². The Morgan fingerprint density at radius 3 is 2.69 bits per heavy atom. The largest absolute Gasteiger partial charge is 0.497 e. The molecule has 2 amide bonds. The number of nitrogens with zero attached hydrogens (tertiary/aromatic N) is 2. The number of benzene rings is 2. The number of carbonyl (C=O) groups excluding carboxylic acids is 1. The molecular formula is C21H23ClN4O3. The van der Waals surface area contributed by atoms with Gasteiger partial charge < -0.3 is 24.7 Å². The van der Waals surface area contributed by atoms with Crippen molar-refractivity contribution in [3.63, 3.8) is 0 Å². The molecule has 0 saturated carbocycles. The van der Waals surface area contributed by atoms with Crippen molar-refractivity contribution < 1.29 is 14.3 Å². The normalized spacial score (nSPS) is 11.6. The van der Waals surface area contributed by atoms with Gasteiger partial charge >= 0.3 is 6.03 Å². The van der Waals surface area contributed by atoms with Gasteiger partial charge in [-0.1, -0.05) is 23.7 Å². The van der Waals surface area contributed by atoms with E-state index in [1.165, 1.54) is 0 Å². The van der Waals surface area contributed by atoms with E-state index >= 15 is 0 Å². The first-order valence-electron chi connectivity index (χ1n) is 9.10. The molecule has 0 aliphatic rings. The van der Waals surface area contributed by atoms with Crippen LogP contribution in [0.2, 0.25) is 5.02 Å². The molecule has 2 aromatic carbocycles. The van der Waals surface area contributed by atoms with Crippen LogP contribution in [-0.4, -0.2) is 35.8 Å². The third kappa shape index (κ3) is 5.65. The highest BCUT2D eigenvalue weighted by molar-refractivity contribution is 6.30. The second kappa shape index (κ2) is 9.84. The van der Waals surface area contributed by atoms with Crippen molar-refractivity contribution in [3.8, 4) is 11.5 Å². The van der Waals surface area contributed by atoms with Crippen LogP contribution in [0.4, 0.5) is 4.79 Å². The van der Waals surface area contributed by atoms with Crippen molar-refractivity contribution in [1.82, 2.24) is 20.2 Å². The molecule has 1 unspecified atom stereocenters. The monoisotopic (exact) mass is 414 g/mol. The molecule has 0 saturated heterocycles. The highest BCUT2D eigenvalue weighted by Crippen LogP contribution is 2.24. The molecule has 0 radical (unpaired) electrons. The van der Waals surface area contributed by atoms with Crippen LogP contribution >= 0.6 is 11.6 Å². The maximum absolute atomic E-state index is 12.5. The predicted molar refractivity (Wildman–Crippen MR) is 112 cm³/mol. The average molecular weight is 415 g/mol. The summed E-state index contributed by atoms with van der Waals surface area (Å²) in [6.45, 7) is 0.682. The molecule has 1 heterocycles. The lowest BCUT2D eigenvalue weighted by molar-refractivity contribution is 0.233. The Kier molecular flexibility index (Phi) is 6.97. The topological polar surface area (TPSA) is 77.4 Å². The van der Waals surface area contributed by atoms with Crippen LogP contribution in [-0.2, 0) is 7.05 Å². The maximum Gasteiger partial charge on any atom is 0.315 e. The Hall–Kier alpha value is -3.19. The van der Waals surface area contributed by atoms with Gasteiger partial charge in [-0.25, -0.2) is 9.78 Å². The summed E-state index contributed by atoms with van der Waals surface area (Å²) in [6, 6.07) is 13.9. The van der Waals surface area contributed by atoms with Crippen LogP contribution in [0, 0.1) is 0 Å². The zero-order valence-corrected chi connectivity index (χ0v) is 17.0. The molecule has 0 bridgehead atoms. The number of imidazole rings is 1. The Morgan fingerprint density at radius 2 is 2.00 bits per heavy atom. The van der Waals surface area contributed by atoms with E-state index in [1.54, 1.807) is 37.6 Å².